The maximum Gasteiger partial charge on any atom is 0.262 e. The Morgan fingerprint density at radius 1 is 1.32 bits per heavy atom. The molecule has 9 heteroatoms. The van der Waals surface area contributed by atoms with Gasteiger partial charge >= 0.3 is 0 Å². The van der Waals surface area contributed by atoms with Gasteiger partial charge in [-0.05, 0) is 31.0 Å². The van der Waals surface area contributed by atoms with Gasteiger partial charge in [-0.3, -0.25) is 4.79 Å². The van der Waals surface area contributed by atoms with Crippen LogP contribution < -0.4 is 10.3 Å². The van der Waals surface area contributed by atoms with Crippen LogP contribution in [0.15, 0.2) is 29.2 Å². The van der Waals surface area contributed by atoms with Crippen LogP contribution in [0.4, 0.5) is 13.2 Å². The normalized spacial score (nSPS) is 17.1. The summed E-state index contributed by atoms with van der Waals surface area (Å²) in [6.45, 7) is 0. The van der Waals surface area contributed by atoms with Crippen molar-refractivity contribution in [2.45, 2.75) is 44.1 Å². The lowest BCUT2D eigenvalue weighted by Gasteiger charge is -2.28. The zero-order valence-corrected chi connectivity index (χ0v) is 15.2. The maximum atomic E-state index is 13.6. The second-order valence-corrected chi connectivity index (χ2v) is 7.06. The van der Waals surface area contributed by atoms with Crippen molar-refractivity contribution in [2.75, 3.05) is 7.11 Å². The number of nitrogens with zero attached hydrogens (tertiary/aromatic N) is 3. The van der Waals surface area contributed by atoms with Crippen LogP contribution in [0.3, 0.4) is 0 Å². The maximum absolute atomic E-state index is 13.6. The standard InChI is InChI=1S/C19H19F3N4O2/c1-28-15-3-2-12(20)8-11(15)9-16-24-17-14(18(27)25-16)10-23-26(17)13-4-6-19(21,22)7-5-13/h2-3,8,10,13H,4-7,9H2,1H3,(H,24,25,27). The Labute approximate surface area is 158 Å². The van der Waals surface area contributed by atoms with Gasteiger partial charge in [-0.15, -0.1) is 0 Å². The number of fused-ring (bicyclic) bond motifs is 1. The summed E-state index contributed by atoms with van der Waals surface area (Å²) in [5, 5.41) is 4.53. The molecule has 2 heterocycles. The fourth-order valence-electron chi connectivity index (χ4n) is 3.67. The van der Waals surface area contributed by atoms with Gasteiger partial charge in [-0.25, -0.2) is 22.8 Å². The van der Waals surface area contributed by atoms with Crippen molar-refractivity contribution < 1.29 is 17.9 Å². The first-order valence-corrected chi connectivity index (χ1v) is 9.03. The molecule has 1 aromatic carbocycles. The van der Waals surface area contributed by atoms with E-state index in [4.69, 9.17) is 4.74 Å². The third-order valence-corrected chi connectivity index (χ3v) is 5.15. The van der Waals surface area contributed by atoms with Gasteiger partial charge in [0, 0.05) is 24.8 Å². The Hall–Kier alpha value is -2.84. The highest BCUT2D eigenvalue weighted by Crippen LogP contribution is 2.38. The summed E-state index contributed by atoms with van der Waals surface area (Å²) in [5.41, 5.74) is 0.514. The Kier molecular flexibility index (Phi) is 4.60. The van der Waals surface area contributed by atoms with Gasteiger partial charge in [0.05, 0.1) is 19.3 Å². The van der Waals surface area contributed by atoms with Crippen molar-refractivity contribution in [1.82, 2.24) is 19.7 Å². The van der Waals surface area contributed by atoms with Gasteiger partial charge in [0.1, 0.15) is 22.8 Å². The Morgan fingerprint density at radius 2 is 2.07 bits per heavy atom. The molecule has 0 bridgehead atoms. The minimum absolute atomic E-state index is 0.153. The van der Waals surface area contributed by atoms with Crippen molar-refractivity contribution in [2.24, 2.45) is 0 Å². The van der Waals surface area contributed by atoms with Gasteiger partial charge in [0.2, 0.25) is 5.92 Å². The van der Waals surface area contributed by atoms with Crippen molar-refractivity contribution in [3.05, 3.63) is 52.0 Å². The van der Waals surface area contributed by atoms with Crippen molar-refractivity contribution in [1.29, 1.82) is 0 Å². The summed E-state index contributed by atoms with van der Waals surface area (Å²) in [6.07, 6.45) is 1.67. The largest absolute Gasteiger partial charge is 0.496 e. The molecular weight excluding hydrogens is 373 g/mol. The van der Waals surface area contributed by atoms with Crippen molar-refractivity contribution in [3.63, 3.8) is 0 Å². The molecule has 3 aromatic rings. The number of hydrogen-bond acceptors (Lipinski definition) is 4. The molecule has 1 fully saturated rings. The number of aromatic amines is 1. The number of rotatable bonds is 4. The fraction of sp³-hybridized carbons (Fsp3) is 0.421. The quantitative estimate of drug-likeness (QED) is 0.736. The van der Waals surface area contributed by atoms with E-state index in [2.05, 4.69) is 15.1 Å². The van der Waals surface area contributed by atoms with E-state index in [0.717, 1.165) is 0 Å². The molecule has 1 N–H and O–H groups in total. The van der Waals surface area contributed by atoms with Crippen LogP contribution in [0.1, 0.15) is 43.1 Å². The van der Waals surface area contributed by atoms with Gasteiger partial charge in [-0.2, -0.15) is 5.10 Å². The number of benzene rings is 1. The van der Waals surface area contributed by atoms with Crippen LogP contribution in [0.5, 0.6) is 5.75 Å². The molecule has 6 nitrogen and oxygen atoms in total. The van der Waals surface area contributed by atoms with Crippen LogP contribution in [0.25, 0.3) is 11.0 Å². The lowest BCUT2D eigenvalue weighted by atomic mass is 9.92. The lowest BCUT2D eigenvalue weighted by molar-refractivity contribution is -0.0446. The molecule has 28 heavy (non-hydrogen) atoms. The van der Waals surface area contributed by atoms with Crippen molar-refractivity contribution in [3.8, 4) is 5.75 Å². The second kappa shape index (κ2) is 6.96. The first-order chi connectivity index (χ1) is 13.4. The van der Waals surface area contributed by atoms with Gasteiger partial charge in [0.15, 0.2) is 5.65 Å². The van der Waals surface area contributed by atoms with E-state index < -0.39 is 11.7 Å². The van der Waals surface area contributed by atoms with Crippen molar-refractivity contribution >= 4 is 11.0 Å². The Morgan fingerprint density at radius 3 is 2.79 bits per heavy atom. The minimum atomic E-state index is -2.65. The van der Waals surface area contributed by atoms with Crippen LogP contribution >= 0.6 is 0 Å². The van der Waals surface area contributed by atoms with Crippen LogP contribution in [-0.2, 0) is 6.42 Å². The topological polar surface area (TPSA) is 72.8 Å². The van der Waals surface area contributed by atoms with E-state index in [9.17, 15) is 18.0 Å². The monoisotopic (exact) mass is 392 g/mol. The van der Waals surface area contributed by atoms with E-state index in [-0.39, 0.29) is 43.7 Å². The summed E-state index contributed by atoms with van der Waals surface area (Å²) in [4.78, 5) is 19.6. The molecule has 1 saturated carbocycles. The number of halogens is 3. The summed E-state index contributed by atoms with van der Waals surface area (Å²) < 4.78 is 47.3. The molecule has 0 atom stereocenters. The Balaban J connectivity index is 1.70. The van der Waals surface area contributed by atoms with Gasteiger partial charge < -0.3 is 9.72 Å². The van der Waals surface area contributed by atoms with Crippen LogP contribution in [0.2, 0.25) is 0 Å². The smallest absolute Gasteiger partial charge is 0.262 e. The molecule has 0 amide bonds. The van der Waals surface area contributed by atoms with E-state index in [1.807, 2.05) is 0 Å². The Bertz CT molecular complexity index is 1070. The molecular formula is C19H19F3N4O2. The number of alkyl halides is 2. The molecule has 0 spiro atoms. The lowest BCUT2D eigenvalue weighted by Crippen LogP contribution is -2.27. The minimum Gasteiger partial charge on any atom is -0.496 e. The molecule has 0 saturated heterocycles. The second-order valence-electron chi connectivity index (χ2n) is 7.06. The molecule has 148 valence electrons. The predicted octanol–water partition coefficient (Wildman–Crippen LogP) is 3.61. The number of nitrogens with one attached hydrogen (secondary N) is 1. The number of methoxy groups -OCH3 is 1. The SMILES string of the molecule is COc1ccc(F)cc1Cc1nc2c(cnn2C2CCC(F)(F)CC2)c(=O)[nH]1. The summed E-state index contributed by atoms with van der Waals surface area (Å²) in [7, 11) is 1.48. The van der Waals surface area contributed by atoms with Gasteiger partial charge in [-0.1, -0.05) is 0 Å². The van der Waals surface area contributed by atoms with Crippen LogP contribution in [0, 0.1) is 5.82 Å². The summed E-state index contributed by atoms with van der Waals surface area (Å²) in [5.74, 6) is -2.27. The third kappa shape index (κ3) is 3.48. The van der Waals surface area contributed by atoms with E-state index in [1.165, 1.54) is 31.5 Å². The molecule has 1 aliphatic rings. The number of aromatic nitrogens is 4. The highest BCUT2D eigenvalue weighted by Gasteiger charge is 2.36. The molecule has 0 radical (unpaired) electrons. The average molecular weight is 392 g/mol. The number of ether oxygens (including phenoxy) is 1. The predicted molar refractivity (Wildman–Crippen MR) is 96.4 cm³/mol. The van der Waals surface area contributed by atoms with E-state index >= 15 is 0 Å². The first kappa shape index (κ1) is 18.5. The molecule has 1 aliphatic carbocycles. The molecule has 4 rings (SSSR count). The number of hydrogen-bond donors (Lipinski definition) is 1. The summed E-state index contributed by atoms with van der Waals surface area (Å²) >= 11 is 0. The van der Waals surface area contributed by atoms with E-state index in [0.29, 0.717) is 28.2 Å². The first-order valence-electron chi connectivity index (χ1n) is 9.03. The molecule has 2 aromatic heterocycles. The molecule has 0 aliphatic heterocycles. The number of H-pyrrole nitrogens is 1. The van der Waals surface area contributed by atoms with Crippen LogP contribution in [-0.4, -0.2) is 32.8 Å². The van der Waals surface area contributed by atoms with E-state index in [1.54, 1.807) is 4.68 Å². The highest BCUT2D eigenvalue weighted by molar-refractivity contribution is 5.73. The average Bonchev–Trinajstić information content (AvgIpc) is 3.06. The fourth-order valence-corrected chi connectivity index (χ4v) is 3.67. The highest BCUT2D eigenvalue weighted by atomic mass is 19.3. The third-order valence-electron chi connectivity index (χ3n) is 5.15. The zero-order chi connectivity index (χ0) is 19.9. The molecule has 0 unspecified atom stereocenters. The van der Waals surface area contributed by atoms with Gasteiger partial charge in [0.25, 0.3) is 5.56 Å². The zero-order valence-electron chi connectivity index (χ0n) is 15.2. The summed E-state index contributed by atoms with van der Waals surface area (Å²) in [6, 6.07) is 3.88.